The van der Waals surface area contributed by atoms with E-state index < -0.39 is 17.9 Å². The molecule has 0 aromatic carbocycles. The van der Waals surface area contributed by atoms with Crippen LogP contribution in [0.5, 0.6) is 0 Å². The summed E-state index contributed by atoms with van der Waals surface area (Å²) in [6.07, 6.45) is -3.00. The van der Waals surface area contributed by atoms with Crippen LogP contribution in [0.15, 0.2) is 5.38 Å². The van der Waals surface area contributed by atoms with Crippen molar-refractivity contribution in [2.75, 3.05) is 26.8 Å². The van der Waals surface area contributed by atoms with Crippen LogP contribution in [0.25, 0.3) is 0 Å². The molecule has 0 aliphatic carbocycles. The fraction of sp³-hybridized carbons (Fsp3) is 0.692. The first-order chi connectivity index (χ1) is 10.3. The summed E-state index contributed by atoms with van der Waals surface area (Å²) < 4.78 is 42.7. The molecule has 1 saturated heterocycles. The predicted molar refractivity (Wildman–Crippen MR) is 75.5 cm³/mol. The number of thiazole rings is 1. The minimum atomic E-state index is -4.43. The number of hydrogen-bond donors (Lipinski definition) is 1. The van der Waals surface area contributed by atoms with Gasteiger partial charge in [0.1, 0.15) is 6.04 Å². The molecule has 1 amide bonds. The van der Waals surface area contributed by atoms with Crippen LogP contribution in [0.4, 0.5) is 13.2 Å². The number of halogens is 3. The van der Waals surface area contributed by atoms with Gasteiger partial charge in [-0.3, -0.25) is 4.79 Å². The smallest absolute Gasteiger partial charge is 0.383 e. The Kier molecular flexibility index (Phi) is 5.41. The van der Waals surface area contributed by atoms with Gasteiger partial charge in [0.2, 0.25) is 5.91 Å². The molecule has 1 aromatic heterocycles. The Bertz CT molecular complexity index is 521. The second-order valence-electron chi connectivity index (χ2n) is 5.25. The van der Waals surface area contributed by atoms with Crippen LogP contribution in [-0.2, 0) is 15.7 Å². The molecule has 0 radical (unpaired) electrons. The zero-order valence-electron chi connectivity index (χ0n) is 12.1. The third-order valence-corrected chi connectivity index (χ3v) is 4.57. The number of carbonyl (C=O) groups excluding carboxylic acids is 1. The van der Waals surface area contributed by atoms with Crippen LogP contribution in [-0.4, -0.2) is 48.6 Å². The van der Waals surface area contributed by atoms with Gasteiger partial charge >= 0.3 is 6.18 Å². The number of methoxy groups -OCH3 is 1. The van der Waals surface area contributed by atoms with E-state index in [4.69, 9.17) is 10.5 Å². The first-order valence-electron chi connectivity index (χ1n) is 6.89. The van der Waals surface area contributed by atoms with Crippen molar-refractivity contribution in [1.82, 2.24) is 9.88 Å². The highest BCUT2D eigenvalue weighted by atomic mass is 32.1. The summed E-state index contributed by atoms with van der Waals surface area (Å²) in [6, 6.07) is -0.745. The standard InChI is InChI=1S/C13H18F3N3O2S/c1-21-6-9(17)12(20)19-4-2-3-8(5-19)11-18-10(7-22-11)13(14,15)16/h7-9H,2-6,17H2,1H3. The molecule has 2 atom stereocenters. The van der Waals surface area contributed by atoms with Gasteiger partial charge < -0.3 is 15.4 Å². The topological polar surface area (TPSA) is 68.5 Å². The molecule has 124 valence electrons. The third kappa shape index (κ3) is 3.96. The van der Waals surface area contributed by atoms with E-state index in [1.54, 1.807) is 4.90 Å². The van der Waals surface area contributed by atoms with Crippen molar-refractivity contribution >= 4 is 17.2 Å². The molecule has 9 heteroatoms. The summed E-state index contributed by atoms with van der Waals surface area (Å²) in [5.74, 6) is -0.410. The van der Waals surface area contributed by atoms with E-state index in [1.165, 1.54) is 7.11 Å². The average molecular weight is 337 g/mol. The Labute approximate surface area is 130 Å². The van der Waals surface area contributed by atoms with Crippen LogP contribution in [0.2, 0.25) is 0 Å². The van der Waals surface area contributed by atoms with Crippen molar-refractivity contribution in [2.45, 2.75) is 31.0 Å². The largest absolute Gasteiger partial charge is 0.434 e. The molecule has 1 aliphatic heterocycles. The second kappa shape index (κ2) is 6.93. The van der Waals surface area contributed by atoms with E-state index in [1.807, 2.05) is 0 Å². The highest BCUT2D eigenvalue weighted by Gasteiger charge is 2.35. The van der Waals surface area contributed by atoms with E-state index in [2.05, 4.69) is 4.98 Å². The Morgan fingerprint density at radius 2 is 2.36 bits per heavy atom. The molecule has 0 spiro atoms. The molecular formula is C13H18F3N3O2S. The zero-order valence-corrected chi connectivity index (χ0v) is 12.9. The zero-order chi connectivity index (χ0) is 16.3. The minimum Gasteiger partial charge on any atom is -0.383 e. The van der Waals surface area contributed by atoms with Crippen molar-refractivity contribution < 1.29 is 22.7 Å². The maximum atomic E-state index is 12.6. The molecule has 1 aromatic rings. The fourth-order valence-electron chi connectivity index (χ4n) is 2.47. The number of nitrogens with zero attached hydrogens (tertiary/aromatic N) is 2. The summed E-state index contributed by atoms with van der Waals surface area (Å²) in [5.41, 5.74) is 4.86. The lowest BCUT2D eigenvalue weighted by Crippen LogP contribution is -2.49. The molecule has 0 bridgehead atoms. The number of aromatic nitrogens is 1. The lowest BCUT2D eigenvalue weighted by Gasteiger charge is -2.33. The predicted octanol–water partition coefficient (Wildman–Crippen LogP) is 1.84. The van der Waals surface area contributed by atoms with Gasteiger partial charge in [0, 0.05) is 31.5 Å². The van der Waals surface area contributed by atoms with Crippen LogP contribution in [0.1, 0.15) is 29.5 Å². The van der Waals surface area contributed by atoms with E-state index >= 15 is 0 Å². The van der Waals surface area contributed by atoms with E-state index in [0.717, 1.165) is 23.1 Å². The summed E-state index contributed by atoms with van der Waals surface area (Å²) in [6.45, 7) is 1.03. The lowest BCUT2D eigenvalue weighted by molar-refractivity contribution is -0.141. The summed E-state index contributed by atoms with van der Waals surface area (Å²) in [7, 11) is 1.46. The number of carbonyl (C=O) groups is 1. The van der Waals surface area contributed by atoms with Crippen LogP contribution >= 0.6 is 11.3 Å². The van der Waals surface area contributed by atoms with Crippen molar-refractivity contribution in [3.05, 3.63) is 16.1 Å². The first-order valence-corrected chi connectivity index (χ1v) is 7.76. The molecule has 0 saturated carbocycles. The summed E-state index contributed by atoms with van der Waals surface area (Å²) >= 11 is 0.990. The highest BCUT2D eigenvalue weighted by Crippen LogP contribution is 2.35. The number of piperidine rings is 1. The summed E-state index contributed by atoms with van der Waals surface area (Å²) in [5, 5.41) is 1.44. The van der Waals surface area contributed by atoms with Gasteiger partial charge in [0.05, 0.1) is 11.6 Å². The number of likely N-dealkylation sites (tertiary alicyclic amines) is 1. The van der Waals surface area contributed by atoms with Crippen molar-refractivity contribution in [2.24, 2.45) is 5.73 Å². The lowest BCUT2D eigenvalue weighted by atomic mass is 9.98. The summed E-state index contributed by atoms with van der Waals surface area (Å²) in [4.78, 5) is 17.4. The number of hydrogen-bond acceptors (Lipinski definition) is 5. The number of rotatable bonds is 4. The Hall–Kier alpha value is -1.19. The first kappa shape index (κ1) is 17.2. The van der Waals surface area contributed by atoms with Gasteiger partial charge in [-0.1, -0.05) is 0 Å². The average Bonchev–Trinajstić information content (AvgIpc) is 2.97. The molecule has 1 fully saturated rings. The highest BCUT2D eigenvalue weighted by molar-refractivity contribution is 7.09. The maximum Gasteiger partial charge on any atom is 0.434 e. The Balaban J connectivity index is 2.04. The number of ether oxygens (including phenoxy) is 1. The number of alkyl halides is 3. The van der Waals surface area contributed by atoms with Crippen molar-refractivity contribution in [1.29, 1.82) is 0 Å². The van der Waals surface area contributed by atoms with Gasteiger partial charge in [0.25, 0.3) is 0 Å². The van der Waals surface area contributed by atoms with Gasteiger partial charge in [-0.25, -0.2) is 4.98 Å². The molecule has 2 rings (SSSR count). The van der Waals surface area contributed by atoms with Crippen molar-refractivity contribution in [3.8, 4) is 0 Å². The van der Waals surface area contributed by atoms with Gasteiger partial charge in [-0.05, 0) is 12.8 Å². The van der Waals surface area contributed by atoms with Gasteiger partial charge in [-0.2, -0.15) is 13.2 Å². The van der Waals surface area contributed by atoms with Gasteiger partial charge in [0.15, 0.2) is 5.69 Å². The third-order valence-electron chi connectivity index (χ3n) is 3.56. The number of amides is 1. The number of nitrogens with two attached hydrogens (primary N) is 1. The normalized spacial score (nSPS) is 21.0. The second-order valence-corrected chi connectivity index (χ2v) is 6.14. The molecule has 1 aliphatic rings. The molecular weight excluding hydrogens is 319 g/mol. The quantitative estimate of drug-likeness (QED) is 0.910. The van der Waals surface area contributed by atoms with Gasteiger partial charge in [-0.15, -0.1) is 11.3 Å². The van der Waals surface area contributed by atoms with E-state index in [0.29, 0.717) is 24.5 Å². The van der Waals surface area contributed by atoms with E-state index in [9.17, 15) is 18.0 Å². The maximum absolute atomic E-state index is 12.6. The monoisotopic (exact) mass is 337 g/mol. The van der Waals surface area contributed by atoms with Crippen LogP contribution < -0.4 is 5.73 Å². The minimum absolute atomic E-state index is 0.121. The van der Waals surface area contributed by atoms with E-state index in [-0.39, 0.29) is 18.4 Å². The Morgan fingerprint density at radius 1 is 1.64 bits per heavy atom. The fourth-order valence-corrected chi connectivity index (χ4v) is 3.42. The van der Waals surface area contributed by atoms with Crippen molar-refractivity contribution in [3.63, 3.8) is 0 Å². The molecule has 5 nitrogen and oxygen atoms in total. The van der Waals surface area contributed by atoms with Crippen LogP contribution in [0.3, 0.4) is 0 Å². The molecule has 2 heterocycles. The molecule has 22 heavy (non-hydrogen) atoms. The Morgan fingerprint density at radius 3 is 2.95 bits per heavy atom. The molecule has 2 N–H and O–H groups in total. The SMILES string of the molecule is COCC(N)C(=O)N1CCCC(c2nc(C(F)(F)F)cs2)C1. The van der Waals surface area contributed by atoms with Crippen LogP contribution in [0, 0.1) is 0 Å². The molecule has 2 unspecified atom stereocenters.